The first-order chi connectivity index (χ1) is 12.0. The summed E-state index contributed by atoms with van der Waals surface area (Å²) in [7, 11) is 3.49. The largest absolute Gasteiger partial charge is 0.369 e. The maximum absolute atomic E-state index is 12.8. The number of hydrogen-bond acceptors (Lipinski definition) is 4. The summed E-state index contributed by atoms with van der Waals surface area (Å²) in [6.07, 6.45) is 3.51. The summed E-state index contributed by atoms with van der Waals surface area (Å²) in [4.78, 5) is 28.5. The Bertz CT molecular complexity index is 788. The average molecular weight is 340 g/mol. The topological polar surface area (TPSA) is 58.4 Å². The van der Waals surface area contributed by atoms with Crippen molar-refractivity contribution in [1.29, 1.82) is 0 Å². The van der Waals surface area contributed by atoms with Crippen molar-refractivity contribution in [1.82, 2.24) is 14.7 Å². The van der Waals surface area contributed by atoms with E-state index in [0.717, 1.165) is 30.6 Å². The molecule has 1 saturated heterocycles. The lowest BCUT2D eigenvalue weighted by atomic mass is 9.96. The van der Waals surface area contributed by atoms with Gasteiger partial charge in [-0.25, -0.2) is 4.68 Å². The van der Waals surface area contributed by atoms with Crippen molar-refractivity contribution < 1.29 is 4.79 Å². The molecule has 2 heterocycles. The van der Waals surface area contributed by atoms with Crippen LogP contribution in [-0.2, 0) is 18.4 Å². The molecule has 0 saturated carbocycles. The molecule has 1 aliphatic heterocycles. The number of amides is 1. The Morgan fingerprint density at radius 1 is 1.32 bits per heavy atom. The van der Waals surface area contributed by atoms with Crippen LogP contribution < -0.4 is 10.5 Å². The van der Waals surface area contributed by atoms with Gasteiger partial charge in [-0.2, -0.15) is 5.10 Å². The molecule has 3 rings (SSSR count). The zero-order chi connectivity index (χ0) is 17.8. The van der Waals surface area contributed by atoms with Gasteiger partial charge in [-0.05, 0) is 18.4 Å². The third kappa shape index (κ3) is 4.07. The van der Waals surface area contributed by atoms with Crippen molar-refractivity contribution in [2.75, 3.05) is 25.0 Å². The van der Waals surface area contributed by atoms with Gasteiger partial charge in [-0.1, -0.05) is 30.3 Å². The molecule has 0 bridgehead atoms. The number of piperidine rings is 1. The van der Waals surface area contributed by atoms with Gasteiger partial charge in [-0.15, -0.1) is 0 Å². The van der Waals surface area contributed by atoms with Gasteiger partial charge in [0.15, 0.2) is 0 Å². The molecule has 0 radical (unpaired) electrons. The number of aromatic nitrogens is 2. The van der Waals surface area contributed by atoms with Gasteiger partial charge in [0.05, 0.1) is 17.8 Å². The van der Waals surface area contributed by atoms with Gasteiger partial charge in [-0.3, -0.25) is 9.59 Å². The number of rotatable bonds is 4. The Labute approximate surface area is 147 Å². The minimum atomic E-state index is -0.132. The number of nitrogens with zero attached hydrogens (tertiary/aromatic N) is 4. The average Bonchev–Trinajstić information content (AvgIpc) is 2.64. The predicted octanol–water partition coefficient (Wildman–Crippen LogP) is 1.66. The Hall–Kier alpha value is -2.63. The summed E-state index contributed by atoms with van der Waals surface area (Å²) in [6, 6.07) is 11.6. The van der Waals surface area contributed by atoms with Crippen molar-refractivity contribution in [2.45, 2.75) is 19.4 Å². The molecular weight excluding hydrogens is 316 g/mol. The fourth-order valence-electron chi connectivity index (χ4n) is 3.29. The van der Waals surface area contributed by atoms with Gasteiger partial charge < -0.3 is 9.80 Å². The van der Waals surface area contributed by atoms with Crippen LogP contribution in [0, 0.1) is 5.92 Å². The number of carbonyl (C=O) groups excluding carboxylic acids is 1. The molecule has 1 fully saturated rings. The molecule has 0 N–H and O–H groups in total. The van der Waals surface area contributed by atoms with Crippen LogP contribution in [0.5, 0.6) is 0 Å². The summed E-state index contributed by atoms with van der Waals surface area (Å²) in [5.74, 6) is 0.108. The number of hydrogen-bond donors (Lipinski definition) is 0. The maximum atomic E-state index is 12.8. The number of aryl methyl sites for hydroxylation is 1. The third-order valence-electron chi connectivity index (χ3n) is 4.73. The van der Waals surface area contributed by atoms with E-state index in [1.807, 2.05) is 37.4 Å². The van der Waals surface area contributed by atoms with E-state index in [-0.39, 0.29) is 17.4 Å². The Balaban J connectivity index is 1.66. The lowest BCUT2D eigenvalue weighted by Gasteiger charge is -2.35. The molecule has 0 unspecified atom stereocenters. The molecule has 0 spiro atoms. The monoisotopic (exact) mass is 340 g/mol. The van der Waals surface area contributed by atoms with Crippen LogP contribution in [0.3, 0.4) is 0 Å². The molecular formula is C19H24N4O2. The summed E-state index contributed by atoms with van der Waals surface area (Å²) in [6.45, 7) is 2.09. The highest BCUT2D eigenvalue weighted by Gasteiger charge is 2.28. The minimum absolute atomic E-state index is 0.0495. The van der Waals surface area contributed by atoms with E-state index < -0.39 is 0 Å². The third-order valence-corrected chi connectivity index (χ3v) is 4.73. The summed E-state index contributed by atoms with van der Waals surface area (Å²) < 4.78 is 1.31. The maximum Gasteiger partial charge on any atom is 0.268 e. The number of anilines is 1. The van der Waals surface area contributed by atoms with Crippen molar-refractivity contribution in [3.05, 3.63) is 58.5 Å². The zero-order valence-corrected chi connectivity index (χ0v) is 14.8. The Morgan fingerprint density at radius 3 is 2.80 bits per heavy atom. The van der Waals surface area contributed by atoms with E-state index in [9.17, 15) is 9.59 Å². The van der Waals surface area contributed by atoms with Crippen LogP contribution in [0.4, 0.5) is 5.69 Å². The quantitative estimate of drug-likeness (QED) is 0.849. The Morgan fingerprint density at radius 2 is 2.08 bits per heavy atom. The van der Waals surface area contributed by atoms with Gasteiger partial charge in [0.1, 0.15) is 0 Å². The van der Waals surface area contributed by atoms with E-state index in [1.54, 1.807) is 24.2 Å². The van der Waals surface area contributed by atoms with Gasteiger partial charge in [0, 0.05) is 39.8 Å². The smallest absolute Gasteiger partial charge is 0.268 e. The first-order valence-corrected chi connectivity index (χ1v) is 8.62. The van der Waals surface area contributed by atoms with E-state index >= 15 is 0 Å². The first kappa shape index (κ1) is 17.2. The molecule has 0 aliphatic carbocycles. The normalized spacial score (nSPS) is 17.4. The molecule has 6 nitrogen and oxygen atoms in total. The van der Waals surface area contributed by atoms with Crippen LogP contribution in [-0.4, -0.2) is 40.7 Å². The Kier molecular flexibility index (Phi) is 5.16. The van der Waals surface area contributed by atoms with Crippen LogP contribution in [0.25, 0.3) is 0 Å². The van der Waals surface area contributed by atoms with Crippen LogP contribution in [0.15, 0.2) is 47.4 Å². The molecule has 25 heavy (non-hydrogen) atoms. The van der Waals surface area contributed by atoms with Crippen molar-refractivity contribution >= 4 is 11.6 Å². The fourth-order valence-corrected chi connectivity index (χ4v) is 3.29. The van der Waals surface area contributed by atoms with E-state index in [0.29, 0.717) is 13.1 Å². The summed E-state index contributed by atoms with van der Waals surface area (Å²) >= 11 is 0. The lowest BCUT2D eigenvalue weighted by molar-refractivity contribution is -0.135. The van der Waals surface area contributed by atoms with Crippen molar-refractivity contribution in [3.63, 3.8) is 0 Å². The van der Waals surface area contributed by atoms with Crippen LogP contribution in [0.2, 0.25) is 0 Å². The molecule has 1 aromatic carbocycles. The van der Waals surface area contributed by atoms with Gasteiger partial charge >= 0.3 is 0 Å². The van der Waals surface area contributed by atoms with Crippen LogP contribution in [0.1, 0.15) is 18.4 Å². The van der Waals surface area contributed by atoms with Crippen LogP contribution >= 0.6 is 0 Å². The predicted molar refractivity (Wildman–Crippen MR) is 97.3 cm³/mol. The van der Waals surface area contributed by atoms with Gasteiger partial charge in [0.2, 0.25) is 5.91 Å². The highest BCUT2D eigenvalue weighted by Crippen LogP contribution is 2.23. The second kappa shape index (κ2) is 7.51. The van der Waals surface area contributed by atoms with E-state index in [4.69, 9.17) is 0 Å². The second-order valence-corrected chi connectivity index (χ2v) is 6.64. The molecule has 6 heteroatoms. The highest BCUT2D eigenvalue weighted by molar-refractivity contribution is 5.79. The lowest BCUT2D eigenvalue weighted by Crippen LogP contribution is -2.44. The summed E-state index contributed by atoms with van der Waals surface area (Å²) in [5, 5.41) is 4.08. The molecule has 1 aliphatic rings. The second-order valence-electron chi connectivity index (χ2n) is 6.64. The number of carbonyl (C=O) groups is 1. The molecule has 1 atom stereocenters. The fraction of sp³-hybridized carbons (Fsp3) is 0.421. The molecule has 1 amide bonds. The standard InChI is InChI=1S/C19H24N4O2/c1-21(13-15-7-4-3-5-8-15)19(25)16-9-6-10-23(14-16)17-11-18(24)22(2)20-12-17/h3-5,7-8,11-12,16H,6,9-10,13-14H2,1-2H3/t16-/m1/s1. The van der Waals surface area contributed by atoms with Crippen molar-refractivity contribution in [2.24, 2.45) is 13.0 Å². The van der Waals surface area contributed by atoms with E-state index in [1.165, 1.54) is 4.68 Å². The SMILES string of the molecule is CN(Cc1ccccc1)C(=O)[C@@H]1CCCN(c2cnn(C)c(=O)c2)C1. The van der Waals surface area contributed by atoms with Gasteiger partial charge in [0.25, 0.3) is 5.56 Å². The zero-order valence-electron chi connectivity index (χ0n) is 14.8. The van der Waals surface area contributed by atoms with Crippen molar-refractivity contribution in [3.8, 4) is 0 Å². The number of benzene rings is 1. The highest BCUT2D eigenvalue weighted by atomic mass is 16.2. The van der Waals surface area contributed by atoms with E-state index in [2.05, 4.69) is 10.00 Å². The first-order valence-electron chi connectivity index (χ1n) is 8.62. The molecule has 1 aromatic heterocycles. The minimum Gasteiger partial charge on any atom is -0.369 e. The molecule has 2 aromatic rings. The molecule has 132 valence electrons. The summed E-state index contributed by atoms with van der Waals surface area (Å²) in [5.41, 5.74) is 1.79.